The Balaban J connectivity index is 2.08. The van der Waals surface area contributed by atoms with Gasteiger partial charge in [-0.3, -0.25) is 14.4 Å². The van der Waals surface area contributed by atoms with Gasteiger partial charge in [-0.25, -0.2) is 0 Å². The molecule has 0 saturated heterocycles. The van der Waals surface area contributed by atoms with E-state index in [2.05, 4.69) is 10.6 Å². The highest BCUT2D eigenvalue weighted by Gasteiger charge is 2.22. The van der Waals surface area contributed by atoms with Crippen LogP contribution in [0.25, 0.3) is 0 Å². The van der Waals surface area contributed by atoms with E-state index >= 15 is 0 Å². The van der Waals surface area contributed by atoms with E-state index in [4.69, 9.17) is 27.9 Å². The van der Waals surface area contributed by atoms with Crippen LogP contribution < -0.4 is 10.6 Å². The third-order valence-electron chi connectivity index (χ3n) is 3.98. The lowest BCUT2D eigenvalue weighted by atomic mass is 10.0. The number of benzene rings is 2. The average Bonchev–Trinajstić information content (AvgIpc) is 2.69. The van der Waals surface area contributed by atoms with Crippen LogP contribution in [0.2, 0.25) is 10.0 Å². The van der Waals surface area contributed by atoms with Crippen molar-refractivity contribution in [3.8, 4) is 0 Å². The van der Waals surface area contributed by atoms with E-state index in [1.807, 2.05) is 30.3 Å². The number of amides is 2. The summed E-state index contributed by atoms with van der Waals surface area (Å²) < 4.78 is 4.82. The Hall–Kier alpha value is -2.57. The van der Waals surface area contributed by atoms with Crippen LogP contribution in [-0.4, -0.2) is 30.4 Å². The lowest BCUT2D eigenvalue weighted by molar-refractivity contribution is -0.144. The van der Waals surface area contributed by atoms with Gasteiger partial charge in [-0.1, -0.05) is 53.5 Å². The Bertz CT molecular complexity index is 859. The Morgan fingerprint density at radius 1 is 1.03 bits per heavy atom. The number of nitrogens with one attached hydrogen (secondary N) is 2. The molecular weight excluding hydrogens is 415 g/mol. The lowest BCUT2D eigenvalue weighted by Gasteiger charge is -2.19. The van der Waals surface area contributed by atoms with Crippen molar-refractivity contribution in [2.24, 2.45) is 0 Å². The van der Waals surface area contributed by atoms with Crippen LogP contribution in [0.1, 0.15) is 25.3 Å². The van der Waals surface area contributed by atoms with Gasteiger partial charge < -0.3 is 15.4 Å². The monoisotopic (exact) mass is 436 g/mol. The van der Waals surface area contributed by atoms with Crippen molar-refractivity contribution in [1.29, 1.82) is 0 Å². The summed E-state index contributed by atoms with van der Waals surface area (Å²) in [4.78, 5) is 36.6. The number of carbonyl (C=O) groups is 3. The molecule has 0 radical (unpaired) electrons. The number of hydrogen-bond donors (Lipinski definition) is 2. The second-order valence-electron chi connectivity index (χ2n) is 6.23. The fourth-order valence-electron chi connectivity index (χ4n) is 2.59. The average molecular weight is 437 g/mol. The normalized spacial score (nSPS) is 11.4. The van der Waals surface area contributed by atoms with E-state index in [9.17, 15) is 14.4 Å². The van der Waals surface area contributed by atoms with E-state index in [1.165, 1.54) is 6.07 Å². The smallest absolute Gasteiger partial charge is 0.306 e. The first-order valence-electron chi connectivity index (χ1n) is 9.14. The molecule has 0 aliphatic carbocycles. The topological polar surface area (TPSA) is 84.5 Å². The zero-order valence-electron chi connectivity index (χ0n) is 15.9. The highest BCUT2D eigenvalue weighted by Crippen LogP contribution is 2.25. The quantitative estimate of drug-likeness (QED) is 0.581. The van der Waals surface area contributed by atoms with Crippen LogP contribution >= 0.6 is 23.2 Å². The second kappa shape index (κ2) is 11.4. The largest absolute Gasteiger partial charge is 0.466 e. The number of hydrogen-bond acceptors (Lipinski definition) is 4. The molecule has 2 N–H and O–H groups in total. The van der Waals surface area contributed by atoms with Crippen LogP contribution in [-0.2, 0) is 25.5 Å². The Morgan fingerprint density at radius 2 is 1.76 bits per heavy atom. The van der Waals surface area contributed by atoms with Crippen LogP contribution in [0.3, 0.4) is 0 Å². The third-order valence-corrected chi connectivity index (χ3v) is 4.53. The molecule has 0 bridgehead atoms. The van der Waals surface area contributed by atoms with Gasteiger partial charge in [0, 0.05) is 17.9 Å². The lowest BCUT2D eigenvalue weighted by Crippen LogP contribution is -2.45. The Kier molecular flexibility index (Phi) is 8.96. The number of halogens is 2. The van der Waals surface area contributed by atoms with E-state index in [0.717, 1.165) is 5.56 Å². The highest BCUT2D eigenvalue weighted by molar-refractivity contribution is 6.36. The van der Waals surface area contributed by atoms with Gasteiger partial charge in [-0.15, -0.1) is 0 Å². The van der Waals surface area contributed by atoms with Gasteiger partial charge in [0.05, 0.1) is 23.7 Å². The molecule has 0 aliphatic rings. The van der Waals surface area contributed by atoms with Gasteiger partial charge in [0.1, 0.15) is 6.04 Å². The minimum atomic E-state index is -0.848. The Labute approximate surface area is 179 Å². The molecule has 2 amide bonds. The molecular formula is C21H22Cl2N2O4. The molecule has 0 saturated carbocycles. The highest BCUT2D eigenvalue weighted by atomic mass is 35.5. The first kappa shape index (κ1) is 22.7. The van der Waals surface area contributed by atoms with Crippen molar-refractivity contribution in [2.75, 3.05) is 11.9 Å². The molecule has 2 rings (SSSR count). The number of esters is 1. The molecule has 29 heavy (non-hydrogen) atoms. The number of carbonyl (C=O) groups excluding carboxylic acids is 3. The zero-order valence-corrected chi connectivity index (χ0v) is 17.4. The molecule has 0 fully saturated rings. The van der Waals surface area contributed by atoms with Crippen LogP contribution in [0.15, 0.2) is 48.5 Å². The first-order chi connectivity index (χ1) is 13.9. The molecule has 154 valence electrons. The molecule has 2 aromatic carbocycles. The van der Waals surface area contributed by atoms with Crippen molar-refractivity contribution in [3.63, 3.8) is 0 Å². The molecule has 2 aromatic rings. The number of rotatable bonds is 9. The summed E-state index contributed by atoms with van der Waals surface area (Å²) in [5.74, 6) is -1.31. The summed E-state index contributed by atoms with van der Waals surface area (Å²) in [6.45, 7) is 1.95. The minimum Gasteiger partial charge on any atom is -0.466 e. The molecule has 1 atom stereocenters. The minimum absolute atomic E-state index is 0.0532. The summed E-state index contributed by atoms with van der Waals surface area (Å²) in [6.07, 6.45) is 0.157. The molecule has 6 nitrogen and oxygen atoms in total. The predicted octanol–water partition coefficient (Wildman–Crippen LogP) is 4.00. The van der Waals surface area contributed by atoms with Crippen LogP contribution in [0.5, 0.6) is 0 Å². The van der Waals surface area contributed by atoms with Crippen molar-refractivity contribution in [1.82, 2.24) is 5.32 Å². The maximum Gasteiger partial charge on any atom is 0.306 e. The number of ether oxygens (including phenoxy) is 1. The molecule has 0 heterocycles. The third kappa shape index (κ3) is 7.75. The first-order valence-corrected chi connectivity index (χ1v) is 9.89. The van der Waals surface area contributed by atoms with Gasteiger partial charge in [0.25, 0.3) is 0 Å². The van der Waals surface area contributed by atoms with Crippen LogP contribution in [0.4, 0.5) is 5.69 Å². The van der Waals surface area contributed by atoms with Gasteiger partial charge in [0.15, 0.2) is 0 Å². The number of anilines is 1. The molecule has 0 aliphatic heterocycles. The molecule has 0 aromatic heterocycles. The predicted molar refractivity (Wildman–Crippen MR) is 113 cm³/mol. The Morgan fingerprint density at radius 3 is 2.41 bits per heavy atom. The summed E-state index contributed by atoms with van der Waals surface area (Å²) in [6, 6.07) is 13.1. The van der Waals surface area contributed by atoms with Gasteiger partial charge in [0.2, 0.25) is 11.8 Å². The van der Waals surface area contributed by atoms with Crippen LogP contribution in [0, 0.1) is 0 Å². The van der Waals surface area contributed by atoms with E-state index in [-0.39, 0.29) is 30.9 Å². The summed E-state index contributed by atoms with van der Waals surface area (Å²) >= 11 is 12.0. The van der Waals surface area contributed by atoms with Gasteiger partial charge in [-0.2, -0.15) is 0 Å². The maximum atomic E-state index is 12.8. The molecule has 8 heteroatoms. The van der Waals surface area contributed by atoms with Crippen molar-refractivity contribution in [2.45, 2.75) is 32.2 Å². The fourth-order valence-corrected chi connectivity index (χ4v) is 3.04. The standard InChI is InChI=1S/C21H22Cl2N2O4/c1-2-29-20(27)11-10-19(26)24-18(12-14-6-4-3-5-7-14)21(28)25-17-9-8-15(22)13-16(17)23/h3-9,13,18H,2,10-12H2,1H3,(H,24,26)(H,25,28). The summed E-state index contributed by atoms with van der Waals surface area (Å²) in [5.41, 5.74) is 1.26. The van der Waals surface area contributed by atoms with Gasteiger partial charge in [-0.05, 0) is 30.7 Å². The summed E-state index contributed by atoms with van der Waals surface area (Å²) in [5, 5.41) is 6.13. The van der Waals surface area contributed by atoms with Crippen molar-refractivity contribution < 1.29 is 19.1 Å². The van der Waals surface area contributed by atoms with E-state index in [0.29, 0.717) is 10.7 Å². The van der Waals surface area contributed by atoms with Crippen molar-refractivity contribution in [3.05, 3.63) is 64.1 Å². The molecule has 0 spiro atoms. The summed E-state index contributed by atoms with van der Waals surface area (Å²) in [7, 11) is 0. The molecule has 1 unspecified atom stereocenters. The maximum absolute atomic E-state index is 12.8. The van der Waals surface area contributed by atoms with E-state index < -0.39 is 23.8 Å². The fraction of sp³-hybridized carbons (Fsp3) is 0.286. The SMILES string of the molecule is CCOC(=O)CCC(=O)NC(Cc1ccccc1)C(=O)Nc1ccc(Cl)cc1Cl. The van der Waals surface area contributed by atoms with E-state index in [1.54, 1.807) is 19.1 Å². The second-order valence-corrected chi connectivity index (χ2v) is 7.07. The zero-order chi connectivity index (χ0) is 21.2. The van der Waals surface area contributed by atoms with Crippen molar-refractivity contribution >= 4 is 46.7 Å². The van der Waals surface area contributed by atoms with Gasteiger partial charge >= 0.3 is 5.97 Å².